The molecule has 15 heavy (non-hydrogen) atoms. The second-order valence-electron chi connectivity index (χ2n) is 3.00. The van der Waals surface area contributed by atoms with Crippen LogP contribution in [0.2, 0.25) is 0 Å². The van der Waals surface area contributed by atoms with Gasteiger partial charge in [-0.3, -0.25) is 4.79 Å². The molecule has 0 heterocycles. The van der Waals surface area contributed by atoms with Gasteiger partial charge >= 0.3 is 7.32 Å². The third-order valence-electron chi connectivity index (χ3n) is 1.91. The fourth-order valence-corrected chi connectivity index (χ4v) is 1.22. The van der Waals surface area contributed by atoms with Gasteiger partial charge in [-0.15, -0.1) is 0 Å². The average Bonchev–Trinajstić information content (AvgIpc) is 2.16. The first-order chi connectivity index (χ1) is 7.04. The van der Waals surface area contributed by atoms with Crippen LogP contribution in [0.25, 0.3) is 0 Å². The molecule has 3 N–H and O–H groups in total. The first kappa shape index (κ1) is 11.5. The number of amides is 1. The topological polar surface area (TPSA) is 78.8 Å². The molecule has 0 bridgehead atoms. The Balaban J connectivity index is 2.93. The third kappa shape index (κ3) is 2.97. The minimum Gasteiger partial charge on any atom is -0.512 e. The molecule has 1 amide bonds. The number of carbonyl (C=O) groups is 1. The molecule has 0 unspecified atom stereocenters. The molecule has 0 radical (unpaired) electrons. The molecule has 1 rings (SSSR count). The zero-order valence-corrected chi connectivity index (χ0v) is 8.52. The molecule has 0 atom stereocenters. The van der Waals surface area contributed by atoms with E-state index in [0.717, 1.165) is 0 Å². The third-order valence-corrected chi connectivity index (χ3v) is 1.91. The fourth-order valence-electron chi connectivity index (χ4n) is 1.22. The zero-order valence-electron chi connectivity index (χ0n) is 8.52. The largest absolute Gasteiger partial charge is 0.707 e. The van der Waals surface area contributed by atoms with Crippen LogP contribution in [0.5, 0.6) is 5.75 Å². The molecule has 1 aromatic rings. The van der Waals surface area contributed by atoms with E-state index < -0.39 is 7.32 Å². The lowest BCUT2D eigenvalue weighted by atomic mass is 10.1. The van der Waals surface area contributed by atoms with Gasteiger partial charge in [0.05, 0.1) is 0 Å². The van der Waals surface area contributed by atoms with Gasteiger partial charge in [0.2, 0.25) is 0 Å². The molecule has 5 nitrogen and oxygen atoms in total. The van der Waals surface area contributed by atoms with Gasteiger partial charge < -0.3 is 20.0 Å². The number of hydrogen-bond donors (Lipinski definition) is 3. The van der Waals surface area contributed by atoms with Crippen molar-refractivity contribution >= 4 is 13.2 Å². The van der Waals surface area contributed by atoms with Gasteiger partial charge in [-0.05, 0) is 30.7 Å². The Hall–Kier alpha value is -1.53. The van der Waals surface area contributed by atoms with Gasteiger partial charge in [-0.25, -0.2) is 0 Å². The Morgan fingerprint density at radius 1 is 1.47 bits per heavy atom. The van der Waals surface area contributed by atoms with Crippen molar-refractivity contribution in [2.45, 2.75) is 6.92 Å². The van der Waals surface area contributed by atoms with Crippen LogP contribution in [0.4, 0.5) is 0 Å². The Morgan fingerprint density at radius 2 is 2.13 bits per heavy atom. The van der Waals surface area contributed by atoms with Gasteiger partial charge in [0.25, 0.3) is 5.91 Å². The van der Waals surface area contributed by atoms with Crippen LogP contribution in [0.3, 0.4) is 0 Å². The lowest BCUT2D eigenvalue weighted by Gasteiger charge is -2.08. The molecule has 0 spiro atoms. The summed E-state index contributed by atoms with van der Waals surface area (Å²) in [5, 5.41) is 19.7. The van der Waals surface area contributed by atoms with E-state index in [-0.39, 0.29) is 5.91 Å². The van der Waals surface area contributed by atoms with Gasteiger partial charge in [0, 0.05) is 12.6 Å². The van der Waals surface area contributed by atoms with E-state index in [1.165, 1.54) is 6.07 Å². The van der Waals surface area contributed by atoms with Gasteiger partial charge in [0.15, 0.2) is 0 Å². The predicted molar refractivity (Wildman–Crippen MR) is 55.4 cm³/mol. The van der Waals surface area contributed by atoms with Crippen molar-refractivity contribution in [2.75, 3.05) is 7.05 Å². The first-order valence-electron chi connectivity index (χ1n) is 4.40. The van der Waals surface area contributed by atoms with Crippen LogP contribution in [-0.4, -0.2) is 30.3 Å². The van der Waals surface area contributed by atoms with Gasteiger partial charge in [-0.1, -0.05) is 0 Å². The quantitative estimate of drug-likeness (QED) is 0.597. The highest BCUT2D eigenvalue weighted by molar-refractivity contribution is 6.33. The van der Waals surface area contributed by atoms with Crippen molar-refractivity contribution in [3.05, 3.63) is 29.3 Å². The van der Waals surface area contributed by atoms with Crippen LogP contribution in [0, 0.1) is 6.92 Å². The van der Waals surface area contributed by atoms with Gasteiger partial charge in [0.1, 0.15) is 5.75 Å². The summed E-state index contributed by atoms with van der Waals surface area (Å²) in [6.07, 6.45) is 0. The fraction of sp³-hybridized carbons (Fsp3) is 0.222. The SMILES string of the molecule is CNC(=O)c1ccc(OB(O)O)cc1C. The minimum absolute atomic E-state index is 0.191. The van der Waals surface area contributed by atoms with E-state index in [9.17, 15) is 4.79 Å². The summed E-state index contributed by atoms with van der Waals surface area (Å²) in [6, 6.07) is 4.62. The maximum Gasteiger partial charge on any atom is 0.707 e. The highest BCUT2D eigenvalue weighted by atomic mass is 16.6. The van der Waals surface area contributed by atoms with Crippen LogP contribution in [0.1, 0.15) is 15.9 Å². The standard InChI is InChI=1S/C9H12BNO4/c1-6-5-7(15-10(13)14)3-4-8(6)9(12)11-2/h3-5,13-14H,1-2H3,(H,11,12). The Bertz CT molecular complexity index is 367. The van der Waals surface area contributed by atoms with Crippen LogP contribution >= 0.6 is 0 Å². The highest BCUT2D eigenvalue weighted by Gasteiger charge is 2.13. The number of aryl methyl sites for hydroxylation is 1. The predicted octanol–water partition coefficient (Wildman–Crippen LogP) is -0.297. The van der Waals surface area contributed by atoms with Crippen LogP contribution in [0.15, 0.2) is 18.2 Å². The van der Waals surface area contributed by atoms with Gasteiger partial charge in [-0.2, -0.15) is 0 Å². The Morgan fingerprint density at radius 3 is 2.60 bits per heavy atom. The Labute approximate surface area is 87.9 Å². The molecular formula is C9H12BNO4. The summed E-state index contributed by atoms with van der Waals surface area (Å²) in [7, 11) is -0.306. The summed E-state index contributed by atoms with van der Waals surface area (Å²) in [5.41, 5.74) is 1.23. The van der Waals surface area contributed by atoms with Crippen LogP contribution in [-0.2, 0) is 0 Å². The summed E-state index contributed by atoms with van der Waals surface area (Å²) in [4.78, 5) is 11.3. The van der Waals surface area contributed by atoms with E-state index in [1.807, 2.05) is 0 Å². The zero-order chi connectivity index (χ0) is 11.4. The number of benzene rings is 1. The Kier molecular flexibility index (Phi) is 3.71. The van der Waals surface area contributed by atoms with Crippen molar-refractivity contribution in [3.8, 4) is 5.75 Å². The molecular weight excluding hydrogens is 197 g/mol. The van der Waals surface area contributed by atoms with Crippen molar-refractivity contribution in [1.29, 1.82) is 0 Å². The van der Waals surface area contributed by atoms with E-state index in [0.29, 0.717) is 16.9 Å². The second-order valence-corrected chi connectivity index (χ2v) is 3.00. The molecule has 0 aliphatic rings. The molecule has 0 saturated carbocycles. The average molecular weight is 209 g/mol. The second kappa shape index (κ2) is 4.81. The van der Waals surface area contributed by atoms with Crippen molar-refractivity contribution in [1.82, 2.24) is 5.32 Å². The summed E-state index contributed by atoms with van der Waals surface area (Å²) >= 11 is 0. The lowest BCUT2D eigenvalue weighted by Crippen LogP contribution is -2.21. The first-order valence-corrected chi connectivity index (χ1v) is 4.40. The number of rotatable bonds is 3. The van der Waals surface area contributed by atoms with E-state index in [4.69, 9.17) is 10.0 Å². The molecule has 6 heteroatoms. The summed E-state index contributed by atoms with van der Waals surface area (Å²) in [5.74, 6) is 0.110. The monoisotopic (exact) mass is 209 g/mol. The lowest BCUT2D eigenvalue weighted by molar-refractivity contribution is 0.0962. The summed E-state index contributed by atoms with van der Waals surface area (Å²) < 4.78 is 4.64. The molecule has 0 aromatic heterocycles. The van der Waals surface area contributed by atoms with E-state index in [2.05, 4.69) is 9.97 Å². The summed E-state index contributed by atoms with van der Waals surface area (Å²) in [6.45, 7) is 1.74. The normalized spacial score (nSPS) is 9.60. The number of carbonyl (C=O) groups excluding carboxylic acids is 1. The molecule has 0 fully saturated rings. The molecule has 1 aromatic carbocycles. The van der Waals surface area contributed by atoms with Crippen molar-refractivity contribution in [2.24, 2.45) is 0 Å². The maximum atomic E-state index is 11.3. The molecule has 0 aliphatic heterocycles. The smallest absolute Gasteiger partial charge is 0.512 e. The highest BCUT2D eigenvalue weighted by Crippen LogP contribution is 2.17. The molecule has 0 aliphatic carbocycles. The van der Waals surface area contributed by atoms with Crippen molar-refractivity contribution in [3.63, 3.8) is 0 Å². The van der Waals surface area contributed by atoms with E-state index in [1.54, 1.807) is 26.1 Å². The van der Waals surface area contributed by atoms with E-state index >= 15 is 0 Å². The molecule has 0 saturated heterocycles. The number of nitrogens with one attached hydrogen (secondary N) is 1. The number of hydrogen-bond acceptors (Lipinski definition) is 4. The molecule has 80 valence electrons. The minimum atomic E-state index is -1.85. The van der Waals surface area contributed by atoms with Crippen molar-refractivity contribution < 1.29 is 19.5 Å². The van der Waals surface area contributed by atoms with Crippen LogP contribution < -0.4 is 9.97 Å². The maximum absolute atomic E-state index is 11.3.